The largest absolute Gasteiger partial charge is 0.339 e. The Kier molecular flexibility index (Phi) is 2.63. The molecule has 0 aliphatic heterocycles. The first-order chi connectivity index (χ1) is 8.31. The van der Waals surface area contributed by atoms with Crippen molar-refractivity contribution in [1.29, 1.82) is 0 Å². The number of benzene rings is 1. The van der Waals surface area contributed by atoms with Crippen molar-refractivity contribution in [3.8, 4) is 0 Å². The highest BCUT2D eigenvalue weighted by Gasteiger charge is 2.09. The highest BCUT2D eigenvalue weighted by Crippen LogP contribution is 2.30. The lowest BCUT2D eigenvalue weighted by Crippen LogP contribution is -1.95. The van der Waals surface area contributed by atoms with E-state index in [0.717, 1.165) is 17.4 Å². The molecule has 0 fully saturated rings. The molecule has 3 rings (SSSR count). The lowest BCUT2D eigenvalue weighted by Gasteiger charge is -2.04. The number of fused-ring (bicyclic) bond motifs is 3. The first kappa shape index (κ1) is 10.8. The van der Waals surface area contributed by atoms with Crippen LogP contribution in [0.1, 0.15) is 13.3 Å². The number of halogens is 1. The van der Waals surface area contributed by atoms with Crippen molar-refractivity contribution in [1.82, 2.24) is 9.55 Å². The molecule has 86 valence electrons. The fourth-order valence-corrected chi connectivity index (χ4v) is 2.74. The Morgan fingerprint density at radius 2 is 2.06 bits per heavy atom. The van der Waals surface area contributed by atoms with Crippen molar-refractivity contribution in [3.05, 3.63) is 41.1 Å². The van der Waals surface area contributed by atoms with Crippen LogP contribution in [0.25, 0.3) is 21.8 Å². The molecule has 0 aliphatic rings. The molecule has 1 aromatic carbocycles. The van der Waals surface area contributed by atoms with E-state index in [9.17, 15) is 0 Å². The normalized spacial score (nSPS) is 11.4. The molecular formula is C14H13BrN2. The van der Waals surface area contributed by atoms with Gasteiger partial charge in [0.2, 0.25) is 0 Å². The van der Waals surface area contributed by atoms with Gasteiger partial charge in [0.1, 0.15) is 0 Å². The Bertz CT molecular complexity index is 685. The van der Waals surface area contributed by atoms with Crippen molar-refractivity contribution in [2.24, 2.45) is 0 Å². The van der Waals surface area contributed by atoms with E-state index >= 15 is 0 Å². The maximum atomic E-state index is 4.24. The molecule has 17 heavy (non-hydrogen) atoms. The molecule has 0 saturated heterocycles. The average molecular weight is 289 g/mol. The summed E-state index contributed by atoms with van der Waals surface area (Å²) in [6.07, 6.45) is 4.95. The lowest BCUT2D eigenvalue weighted by atomic mass is 10.2. The zero-order valence-corrected chi connectivity index (χ0v) is 11.2. The fraction of sp³-hybridized carbons (Fsp3) is 0.214. The first-order valence-corrected chi connectivity index (χ1v) is 6.62. The average Bonchev–Trinajstić information content (AvgIpc) is 2.65. The molecule has 0 N–H and O–H groups in total. The third-order valence-electron chi connectivity index (χ3n) is 3.08. The number of nitrogens with zero attached hydrogens (tertiary/aromatic N) is 2. The van der Waals surface area contributed by atoms with Gasteiger partial charge in [0.05, 0.1) is 11.7 Å². The standard InChI is InChI=1S/C14H13BrN2/c1-2-7-17-13-4-3-10(15)8-12(13)11-5-6-16-9-14(11)17/h3-6,8-9H,2,7H2,1H3. The molecule has 2 nitrogen and oxygen atoms in total. The highest BCUT2D eigenvalue weighted by molar-refractivity contribution is 9.10. The minimum atomic E-state index is 1.04. The molecule has 3 heteroatoms. The van der Waals surface area contributed by atoms with Crippen LogP contribution in [0.4, 0.5) is 0 Å². The Morgan fingerprint density at radius 3 is 2.88 bits per heavy atom. The van der Waals surface area contributed by atoms with Gasteiger partial charge in [0.25, 0.3) is 0 Å². The van der Waals surface area contributed by atoms with Crippen LogP contribution in [0.15, 0.2) is 41.1 Å². The quantitative estimate of drug-likeness (QED) is 0.685. The molecule has 0 unspecified atom stereocenters. The van der Waals surface area contributed by atoms with Crippen LogP contribution in [0.2, 0.25) is 0 Å². The lowest BCUT2D eigenvalue weighted by molar-refractivity contribution is 0.723. The van der Waals surface area contributed by atoms with Gasteiger partial charge in [-0.25, -0.2) is 0 Å². The summed E-state index contributed by atoms with van der Waals surface area (Å²) in [7, 11) is 0. The van der Waals surface area contributed by atoms with Gasteiger partial charge >= 0.3 is 0 Å². The minimum absolute atomic E-state index is 1.04. The first-order valence-electron chi connectivity index (χ1n) is 5.82. The maximum Gasteiger partial charge on any atom is 0.0677 e. The Balaban J connectivity index is 2.48. The Morgan fingerprint density at radius 1 is 1.18 bits per heavy atom. The number of pyridine rings is 1. The summed E-state index contributed by atoms with van der Waals surface area (Å²) in [6.45, 7) is 3.24. The molecule has 0 bridgehead atoms. The summed E-state index contributed by atoms with van der Waals surface area (Å²) < 4.78 is 3.47. The summed E-state index contributed by atoms with van der Waals surface area (Å²) in [4.78, 5) is 4.24. The van der Waals surface area contributed by atoms with Crippen LogP contribution in [-0.4, -0.2) is 9.55 Å². The van der Waals surface area contributed by atoms with Crippen LogP contribution < -0.4 is 0 Å². The zero-order valence-electron chi connectivity index (χ0n) is 9.65. The van der Waals surface area contributed by atoms with E-state index in [1.54, 1.807) is 0 Å². The van der Waals surface area contributed by atoms with Crippen LogP contribution >= 0.6 is 15.9 Å². The van der Waals surface area contributed by atoms with E-state index in [1.165, 1.54) is 21.8 Å². The molecule has 0 saturated carbocycles. The second kappa shape index (κ2) is 4.15. The molecule has 3 aromatic rings. The summed E-state index contributed by atoms with van der Waals surface area (Å²) in [5, 5.41) is 2.58. The summed E-state index contributed by atoms with van der Waals surface area (Å²) in [6, 6.07) is 8.55. The van der Waals surface area contributed by atoms with Crippen LogP contribution in [-0.2, 0) is 6.54 Å². The summed E-state index contributed by atoms with van der Waals surface area (Å²) in [5.74, 6) is 0. The van der Waals surface area contributed by atoms with Crippen LogP contribution in [0.3, 0.4) is 0 Å². The van der Waals surface area contributed by atoms with E-state index in [2.05, 4.69) is 56.7 Å². The SMILES string of the molecule is CCCn1c2ccc(Br)cc2c2ccncc21. The van der Waals surface area contributed by atoms with Crippen molar-refractivity contribution < 1.29 is 0 Å². The van der Waals surface area contributed by atoms with Gasteiger partial charge in [-0.1, -0.05) is 22.9 Å². The molecule has 2 aromatic heterocycles. The van der Waals surface area contributed by atoms with Gasteiger partial charge in [-0.05, 0) is 30.7 Å². The van der Waals surface area contributed by atoms with Crippen molar-refractivity contribution in [2.45, 2.75) is 19.9 Å². The molecule has 0 spiro atoms. The van der Waals surface area contributed by atoms with Gasteiger partial charge in [0, 0.05) is 33.5 Å². The van der Waals surface area contributed by atoms with E-state index < -0.39 is 0 Å². The van der Waals surface area contributed by atoms with E-state index in [-0.39, 0.29) is 0 Å². The predicted octanol–water partition coefficient (Wildman–Crippen LogP) is 4.36. The number of hydrogen-bond acceptors (Lipinski definition) is 1. The van der Waals surface area contributed by atoms with Crippen LogP contribution in [0, 0.1) is 0 Å². The van der Waals surface area contributed by atoms with Gasteiger partial charge < -0.3 is 4.57 Å². The third-order valence-corrected chi connectivity index (χ3v) is 3.57. The number of aromatic nitrogens is 2. The van der Waals surface area contributed by atoms with Crippen LogP contribution in [0.5, 0.6) is 0 Å². The topological polar surface area (TPSA) is 17.8 Å². The molecule has 2 heterocycles. The summed E-state index contributed by atoms with van der Waals surface area (Å²) >= 11 is 3.54. The van der Waals surface area contributed by atoms with E-state index in [1.807, 2.05) is 12.4 Å². The van der Waals surface area contributed by atoms with Gasteiger partial charge in [-0.3, -0.25) is 4.98 Å². The summed E-state index contributed by atoms with van der Waals surface area (Å²) in [5.41, 5.74) is 2.51. The second-order valence-corrected chi connectivity index (χ2v) is 5.12. The van der Waals surface area contributed by atoms with Crippen molar-refractivity contribution >= 4 is 37.7 Å². The fourth-order valence-electron chi connectivity index (χ4n) is 2.38. The number of rotatable bonds is 2. The molecule has 0 radical (unpaired) electrons. The molecule has 0 aliphatic carbocycles. The van der Waals surface area contributed by atoms with Crippen molar-refractivity contribution in [3.63, 3.8) is 0 Å². The zero-order chi connectivity index (χ0) is 11.8. The Labute approximate surface area is 108 Å². The van der Waals surface area contributed by atoms with E-state index in [0.29, 0.717) is 0 Å². The maximum absolute atomic E-state index is 4.24. The van der Waals surface area contributed by atoms with Gasteiger partial charge in [-0.15, -0.1) is 0 Å². The number of hydrogen-bond donors (Lipinski definition) is 0. The third kappa shape index (κ3) is 1.65. The predicted molar refractivity (Wildman–Crippen MR) is 75.2 cm³/mol. The molecule has 0 amide bonds. The minimum Gasteiger partial charge on any atom is -0.339 e. The number of aryl methyl sites for hydroxylation is 1. The highest BCUT2D eigenvalue weighted by atomic mass is 79.9. The van der Waals surface area contributed by atoms with Crippen molar-refractivity contribution in [2.75, 3.05) is 0 Å². The monoisotopic (exact) mass is 288 g/mol. The molecular weight excluding hydrogens is 276 g/mol. The Hall–Kier alpha value is -1.35. The van der Waals surface area contributed by atoms with Gasteiger partial charge in [-0.2, -0.15) is 0 Å². The molecule has 0 atom stereocenters. The van der Waals surface area contributed by atoms with E-state index in [4.69, 9.17) is 0 Å². The van der Waals surface area contributed by atoms with Gasteiger partial charge in [0.15, 0.2) is 0 Å². The smallest absolute Gasteiger partial charge is 0.0677 e. The second-order valence-electron chi connectivity index (χ2n) is 4.21.